The summed E-state index contributed by atoms with van der Waals surface area (Å²) >= 11 is 3.36. The number of nitriles is 1. The summed E-state index contributed by atoms with van der Waals surface area (Å²) in [6.45, 7) is 0. The van der Waals surface area contributed by atoms with E-state index in [4.69, 9.17) is 10.00 Å². The van der Waals surface area contributed by atoms with Gasteiger partial charge in [0.1, 0.15) is 5.75 Å². The summed E-state index contributed by atoms with van der Waals surface area (Å²) in [5.41, 5.74) is 1.72. The number of hydrogen-bond acceptors (Lipinski definition) is 3. The second kappa shape index (κ2) is 6.42. The van der Waals surface area contributed by atoms with E-state index in [1.54, 1.807) is 56.6 Å². The molecule has 0 aliphatic carbocycles. The lowest BCUT2D eigenvalue weighted by molar-refractivity contribution is 0.0993. The first-order valence-corrected chi connectivity index (χ1v) is 6.98. The Morgan fingerprint density at radius 2 is 2.05 bits per heavy atom. The first-order chi connectivity index (χ1) is 10.1. The van der Waals surface area contributed by atoms with Crippen molar-refractivity contribution in [3.05, 3.63) is 58.1 Å². The van der Waals surface area contributed by atoms with Crippen molar-refractivity contribution in [2.45, 2.75) is 0 Å². The molecule has 0 bridgehead atoms. The minimum absolute atomic E-state index is 0.159. The number of benzene rings is 2. The Morgan fingerprint density at radius 1 is 1.29 bits per heavy atom. The van der Waals surface area contributed by atoms with Gasteiger partial charge in [0, 0.05) is 18.3 Å². The SMILES string of the molecule is COc1ccc(C(=O)N(C)c2cccc(C#N)c2)cc1Br. The molecule has 0 aliphatic heterocycles. The van der Waals surface area contributed by atoms with E-state index in [0.29, 0.717) is 22.6 Å². The average Bonchev–Trinajstić information content (AvgIpc) is 2.53. The van der Waals surface area contributed by atoms with E-state index in [0.717, 1.165) is 4.47 Å². The van der Waals surface area contributed by atoms with Crippen molar-refractivity contribution >= 4 is 27.5 Å². The van der Waals surface area contributed by atoms with Crippen LogP contribution in [0.5, 0.6) is 5.75 Å². The van der Waals surface area contributed by atoms with Crippen molar-refractivity contribution < 1.29 is 9.53 Å². The summed E-state index contributed by atoms with van der Waals surface area (Å²) in [5.74, 6) is 0.508. The number of methoxy groups -OCH3 is 1. The summed E-state index contributed by atoms with van der Waals surface area (Å²) in [4.78, 5) is 14.0. The van der Waals surface area contributed by atoms with Crippen molar-refractivity contribution in [1.29, 1.82) is 5.26 Å². The lowest BCUT2D eigenvalue weighted by Gasteiger charge is -2.18. The third kappa shape index (κ3) is 3.23. The van der Waals surface area contributed by atoms with E-state index in [9.17, 15) is 4.79 Å². The first kappa shape index (κ1) is 15.1. The zero-order valence-corrected chi connectivity index (χ0v) is 13.2. The summed E-state index contributed by atoms with van der Waals surface area (Å²) < 4.78 is 5.86. The molecule has 4 nitrogen and oxygen atoms in total. The second-order valence-electron chi connectivity index (χ2n) is 4.38. The van der Waals surface area contributed by atoms with E-state index in [-0.39, 0.29) is 5.91 Å². The van der Waals surface area contributed by atoms with Gasteiger partial charge in [0.25, 0.3) is 5.91 Å². The second-order valence-corrected chi connectivity index (χ2v) is 5.23. The maximum Gasteiger partial charge on any atom is 0.258 e. The molecule has 0 unspecified atom stereocenters. The Morgan fingerprint density at radius 3 is 2.67 bits per heavy atom. The average molecular weight is 345 g/mol. The molecule has 0 N–H and O–H groups in total. The number of halogens is 1. The van der Waals surface area contributed by atoms with Gasteiger partial charge in [0.2, 0.25) is 0 Å². The van der Waals surface area contributed by atoms with Crippen molar-refractivity contribution in [2.75, 3.05) is 19.1 Å². The molecule has 0 aromatic heterocycles. The predicted octanol–water partition coefficient (Wildman–Crippen LogP) is 3.61. The molecule has 0 spiro atoms. The number of carbonyl (C=O) groups is 1. The van der Waals surface area contributed by atoms with Crippen molar-refractivity contribution in [2.24, 2.45) is 0 Å². The van der Waals surface area contributed by atoms with Gasteiger partial charge in [-0.1, -0.05) is 6.07 Å². The molecule has 0 aliphatic rings. The number of hydrogen-bond donors (Lipinski definition) is 0. The highest BCUT2D eigenvalue weighted by molar-refractivity contribution is 9.10. The van der Waals surface area contributed by atoms with Gasteiger partial charge in [-0.3, -0.25) is 4.79 Å². The maximum atomic E-state index is 12.5. The number of amides is 1. The minimum Gasteiger partial charge on any atom is -0.496 e. The molecule has 1 amide bonds. The quantitative estimate of drug-likeness (QED) is 0.854. The molecule has 0 atom stereocenters. The largest absolute Gasteiger partial charge is 0.496 e. The Kier molecular flexibility index (Phi) is 4.61. The molecule has 21 heavy (non-hydrogen) atoms. The predicted molar refractivity (Wildman–Crippen MR) is 84.6 cm³/mol. The highest BCUT2D eigenvalue weighted by Gasteiger charge is 2.15. The molecule has 2 aromatic rings. The van der Waals surface area contributed by atoms with Crippen LogP contribution < -0.4 is 9.64 Å². The van der Waals surface area contributed by atoms with Gasteiger partial charge < -0.3 is 9.64 Å². The van der Waals surface area contributed by atoms with Gasteiger partial charge in [-0.2, -0.15) is 5.26 Å². The molecule has 0 fully saturated rings. The fraction of sp³-hybridized carbons (Fsp3) is 0.125. The number of ether oxygens (including phenoxy) is 1. The van der Waals surface area contributed by atoms with Crippen LogP contribution in [0.1, 0.15) is 15.9 Å². The lowest BCUT2D eigenvalue weighted by Crippen LogP contribution is -2.26. The highest BCUT2D eigenvalue weighted by Crippen LogP contribution is 2.26. The summed E-state index contributed by atoms with van der Waals surface area (Å²) in [6.07, 6.45) is 0. The third-order valence-corrected chi connectivity index (χ3v) is 3.69. The molecule has 0 radical (unpaired) electrons. The molecular formula is C16H13BrN2O2. The summed E-state index contributed by atoms with van der Waals surface area (Å²) in [7, 11) is 3.25. The fourth-order valence-corrected chi connectivity index (χ4v) is 2.44. The zero-order chi connectivity index (χ0) is 15.4. The normalized spacial score (nSPS) is 9.81. The van der Waals surface area contributed by atoms with Crippen LogP contribution >= 0.6 is 15.9 Å². The van der Waals surface area contributed by atoms with Crippen LogP contribution in [0, 0.1) is 11.3 Å². The Hall–Kier alpha value is -2.32. The Balaban J connectivity index is 2.30. The molecule has 0 saturated heterocycles. The maximum absolute atomic E-state index is 12.5. The molecular weight excluding hydrogens is 332 g/mol. The number of rotatable bonds is 3. The third-order valence-electron chi connectivity index (χ3n) is 3.07. The van der Waals surface area contributed by atoms with Gasteiger partial charge in [-0.05, 0) is 52.3 Å². The van der Waals surface area contributed by atoms with Crippen molar-refractivity contribution in [3.63, 3.8) is 0 Å². The number of carbonyl (C=O) groups excluding carboxylic acids is 1. The van der Waals surface area contributed by atoms with Gasteiger partial charge in [-0.25, -0.2) is 0 Å². The van der Waals surface area contributed by atoms with Gasteiger partial charge >= 0.3 is 0 Å². The van der Waals surface area contributed by atoms with Crippen molar-refractivity contribution in [1.82, 2.24) is 0 Å². The van der Waals surface area contributed by atoms with Crippen LogP contribution in [0.15, 0.2) is 46.9 Å². The number of anilines is 1. The molecule has 2 aromatic carbocycles. The summed E-state index contributed by atoms with van der Waals surface area (Å²) in [6, 6.07) is 14.1. The van der Waals surface area contributed by atoms with E-state index in [1.807, 2.05) is 0 Å². The van der Waals surface area contributed by atoms with Gasteiger partial charge in [0.05, 0.1) is 23.2 Å². The molecule has 2 rings (SSSR count). The molecule has 5 heteroatoms. The monoisotopic (exact) mass is 344 g/mol. The Bertz CT molecular complexity index is 722. The smallest absolute Gasteiger partial charge is 0.258 e. The van der Waals surface area contributed by atoms with Crippen LogP contribution in [0.2, 0.25) is 0 Å². The lowest BCUT2D eigenvalue weighted by atomic mass is 10.1. The fourth-order valence-electron chi connectivity index (χ4n) is 1.89. The topological polar surface area (TPSA) is 53.3 Å². The number of nitrogens with zero attached hydrogens (tertiary/aromatic N) is 2. The summed E-state index contributed by atoms with van der Waals surface area (Å²) in [5, 5.41) is 8.92. The molecule has 0 heterocycles. The highest BCUT2D eigenvalue weighted by atomic mass is 79.9. The van der Waals surface area contributed by atoms with Crippen LogP contribution in [0.4, 0.5) is 5.69 Å². The Labute approximate surface area is 131 Å². The van der Waals surface area contributed by atoms with E-state index < -0.39 is 0 Å². The molecule has 106 valence electrons. The van der Waals surface area contributed by atoms with E-state index in [2.05, 4.69) is 22.0 Å². The van der Waals surface area contributed by atoms with Crippen LogP contribution in [0.25, 0.3) is 0 Å². The van der Waals surface area contributed by atoms with Gasteiger partial charge in [0.15, 0.2) is 0 Å². The van der Waals surface area contributed by atoms with Crippen LogP contribution in [0.3, 0.4) is 0 Å². The van der Waals surface area contributed by atoms with Crippen molar-refractivity contribution in [3.8, 4) is 11.8 Å². The first-order valence-electron chi connectivity index (χ1n) is 6.18. The van der Waals surface area contributed by atoms with E-state index >= 15 is 0 Å². The van der Waals surface area contributed by atoms with E-state index in [1.165, 1.54) is 4.90 Å². The standard InChI is InChI=1S/C16H13BrN2O2/c1-19(13-5-3-4-11(8-13)10-18)16(20)12-6-7-15(21-2)14(17)9-12/h3-9H,1-2H3. The van der Waals surface area contributed by atoms with Crippen LogP contribution in [-0.2, 0) is 0 Å². The van der Waals surface area contributed by atoms with Crippen LogP contribution in [-0.4, -0.2) is 20.1 Å². The molecule has 0 saturated carbocycles. The minimum atomic E-state index is -0.159. The zero-order valence-electron chi connectivity index (χ0n) is 11.6. The van der Waals surface area contributed by atoms with Gasteiger partial charge in [-0.15, -0.1) is 0 Å².